The molecular formula is C14H14FNO2. The molecule has 94 valence electrons. The number of hydrogen-bond donors (Lipinski definition) is 1. The Morgan fingerprint density at radius 3 is 2.33 bits per heavy atom. The van der Waals surface area contributed by atoms with Crippen LogP contribution < -0.4 is 15.2 Å². The first-order valence-electron chi connectivity index (χ1n) is 5.50. The summed E-state index contributed by atoms with van der Waals surface area (Å²) >= 11 is 0. The fourth-order valence-corrected chi connectivity index (χ4v) is 1.53. The molecule has 3 nitrogen and oxygen atoms in total. The van der Waals surface area contributed by atoms with Gasteiger partial charge in [-0.3, -0.25) is 0 Å². The van der Waals surface area contributed by atoms with Gasteiger partial charge < -0.3 is 15.2 Å². The van der Waals surface area contributed by atoms with Gasteiger partial charge in [0.2, 0.25) is 0 Å². The summed E-state index contributed by atoms with van der Waals surface area (Å²) in [5.41, 5.74) is 6.84. The molecule has 2 aromatic rings. The largest absolute Gasteiger partial charge is 0.497 e. The summed E-state index contributed by atoms with van der Waals surface area (Å²) in [6, 6.07) is 11.5. The summed E-state index contributed by atoms with van der Waals surface area (Å²) < 4.78 is 23.5. The quantitative estimate of drug-likeness (QED) is 0.845. The number of nitrogen functional groups attached to an aromatic ring is 1. The molecule has 4 heteroatoms. The minimum Gasteiger partial charge on any atom is -0.497 e. The van der Waals surface area contributed by atoms with Crippen molar-refractivity contribution in [3.8, 4) is 11.5 Å². The Labute approximate surface area is 105 Å². The number of nitrogens with two attached hydrogens (primary N) is 1. The lowest BCUT2D eigenvalue weighted by molar-refractivity contribution is 0.306. The van der Waals surface area contributed by atoms with E-state index in [0.29, 0.717) is 18.0 Å². The van der Waals surface area contributed by atoms with Gasteiger partial charge in [-0.25, -0.2) is 4.39 Å². The summed E-state index contributed by atoms with van der Waals surface area (Å²) in [7, 11) is 1.61. The molecule has 0 amide bonds. The van der Waals surface area contributed by atoms with E-state index in [1.807, 2.05) is 12.1 Å². The highest BCUT2D eigenvalue weighted by molar-refractivity contribution is 5.46. The highest BCUT2D eigenvalue weighted by Crippen LogP contribution is 2.20. The number of hydrogen-bond acceptors (Lipinski definition) is 3. The Morgan fingerprint density at radius 1 is 1.06 bits per heavy atom. The molecule has 2 rings (SSSR count). The Hall–Kier alpha value is -2.23. The number of methoxy groups -OCH3 is 1. The first kappa shape index (κ1) is 12.2. The molecule has 0 aliphatic carbocycles. The van der Waals surface area contributed by atoms with Crippen LogP contribution in [0, 0.1) is 5.82 Å². The summed E-state index contributed by atoms with van der Waals surface area (Å²) in [6.45, 7) is 0.304. The zero-order valence-corrected chi connectivity index (χ0v) is 10.0. The van der Waals surface area contributed by atoms with E-state index in [1.165, 1.54) is 12.1 Å². The second-order valence-electron chi connectivity index (χ2n) is 3.81. The van der Waals surface area contributed by atoms with Crippen LogP contribution in [0.1, 0.15) is 5.56 Å². The van der Waals surface area contributed by atoms with Gasteiger partial charge in [-0.15, -0.1) is 0 Å². The van der Waals surface area contributed by atoms with Crippen molar-refractivity contribution in [1.82, 2.24) is 0 Å². The standard InChI is InChI=1S/C14H14FNO2/c1-17-12-4-6-13(7-5-12)18-9-10-2-3-11(15)8-14(10)16/h2-8H,9,16H2,1H3. The third-order valence-electron chi connectivity index (χ3n) is 2.56. The van der Waals surface area contributed by atoms with Crippen molar-refractivity contribution in [3.05, 3.63) is 53.8 Å². The van der Waals surface area contributed by atoms with Crippen molar-refractivity contribution >= 4 is 5.69 Å². The van der Waals surface area contributed by atoms with E-state index in [4.69, 9.17) is 15.2 Å². The maximum absolute atomic E-state index is 12.9. The highest BCUT2D eigenvalue weighted by Gasteiger charge is 2.02. The number of benzene rings is 2. The lowest BCUT2D eigenvalue weighted by Gasteiger charge is -2.09. The van der Waals surface area contributed by atoms with Crippen LogP contribution in [-0.2, 0) is 6.61 Å². The van der Waals surface area contributed by atoms with Gasteiger partial charge in [0.15, 0.2) is 0 Å². The zero-order chi connectivity index (χ0) is 13.0. The smallest absolute Gasteiger partial charge is 0.125 e. The third kappa shape index (κ3) is 2.91. The predicted molar refractivity (Wildman–Crippen MR) is 68.1 cm³/mol. The van der Waals surface area contributed by atoms with Gasteiger partial charge in [0.05, 0.1) is 7.11 Å². The fourth-order valence-electron chi connectivity index (χ4n) is 1.53. The van der Waals surface area contributed by atoms with E-state index in [-0.39, 0.29) is 5.82 Å². The predicted octanol–water partition coefficient (Wildman–Crippen LogP) is 3.00. The Morgan fingerprint density at radius 2 is 1.72 bits per heavy atom. The monoisotopic (exact) mass is 247 g/mol. The van der Waals surface area contributed by atoms with Crippen LogP contribution in [0.15, 0.2) is 42.5 Å². The SMILES string of the molecule is COc1ccc(OCc2ccc(F)cc2N)cc1. The molecule has 0 atom stereocenters. The molecule has 0 aliphatic heterocycles. The Bertz CT molecular complexity index is 526. The van der Waals surface area contributed by atoms with Gasteiger partial charge in [-0.2, -0.15) is 0 Å². The van der Waals surface area contributed by atoms with E-state index in [0.717, 1.165) is 11.3 Å². The van der Waals surface area contributed by atoms with Crippen molar-refractivity contribution in [2.45, 2.75) is 6.61 Å². The summed E-state index contributed by atoms with van der Waals surface area (Å²) in [5.74, 6) is 1.13. The molecule has 2 aromatic carbocycles. The molecule has 0 spiro atoms. The molecule has 0 aromatic heterocycles. The molecule has 0 bridgehead atoms. The summed E-state index contributed by atoms with van der Waals surface area (Å²) in [6.07, 6.45) is 0. The first-order chi connectivity index (χ1) is 8.69. The van der Waals surface area contributed by atoms with Crippen molar-refractivity contribution in [3.63, 3.8) is 0 Å². The number of anilines is 1. The van der Waals surface area contributed by atoms with Gasteiger partial charge in [-0.1, -0.05) is 6.07 Å². The van der Waals surface area contributed by atoms with Crippen LogP contribution in [0.2, 0.25) is 0 Å². The molecule has 0 radical (unpaired) electrons. The zero-order valence-electron chi connectivity index (χ0n) is 10.0. The van der Waals surface area contributed by atoms with Gasteiger partial charge >= 0.3 is 0 Å². The highest BCUT2D eigenvalue weighted by atomic mass is 19.1. The Balaban J connectivity index is 2.02. The van der Waals surface area contributed by atoms with Gasteiger partial charge in [0.25, 0.3) is 0 Å². The van der Waals surface area contributed by atoms with Gasteiger partial charge in [0, 0.05) is 11.3 Å². The molecule has 0 saturated carbocycles. The van der Waals surface area contributed by atoms with E-state index in [1.54, 1.807) is 25.3 Å². The maximum atomic E-state index is 12.9. The molecule has 18 heavy (non-hydrogen) atoms. The van der Waals surface area contributed by atoms with Crippen LogP contribution in [0.25, 0.3) is 0 Å². The van der Waals surface area contributed by atoms with Crippen LogP contribution in [-0.4, -0.2) is 7.11 Å². The number of halogens is 1. The lowest BCUT2D eigenvalue weighted by Crippen LogP contribution is -2.00. The average Bonchev–Trinajstić information content (AvgIpc) is 2.38. The molecule has 2 N–H and O–H groups in total. The van der Waals surface area contributed by atoms with Crippen molar-refractivity contribution in [1.29, 1.82) is 0 Å². The van der Waals surface area contributed by atoms with E-state index in [2.05, 4.69) is 0 Å². The maximum Gasteiger partial charge on any atom is 0.125 e. The van der Waals surface area contributed by atoms with Gasteiger partial charge in [0.1, 0.15) is 23.9 Å². The molecule has 0 saturated heterocycles. The van der Waals surface area contributed by atoms with Gasteiger partial charge in [-0.05, 0) is 36.4 Å². The first-order valence-corrected chi connectivity index (χ1v) is 5.50. The van der Waals surface area contributed by atoms with E-state index < -0.39 is 0 Å². The van der Waals surface area contributed by atoms with Crippen molar-refractivity contribution in [2.75, 3.05) is 12.8 Å². The van der Waals surface area contributed by atoms with Crippen molar-refractivity contribution in [2.24, 2.45) is 0 Å². The third-order valence-corrected chi connectivity index (χ3v) is 2.56. The van der Waals surface area contributed by atoms with Crippen LogP contribution in [0.5, 0.6) is 11.5 Å². The minimum atomic E-state index is -0.347. The topological polar surface area (TPSA) is 44.5 Å². The van der Waals surface area contributed by atoms with Crippen LogP contribution in [0.3, 0.4) is 0 Å². The molecule has 0 unspecified atom stereocenters. The number of ether oxygens (including phenoxy) is 2. The fraction of sp³-hybridized carbons (Fsp3) is 0.143. The second-order valence-corrected chi connectivity index (χ2v) is 3.81. The molecular weight excluding hydrogens is 233 g/mol. The molecule has 0 heterocycles. The van der Waals surface area contributed by atoms with E-state index in [9.17, 15) is 4.39 Å². The normalized spacial score (nSPS) is 10.1. The Kier molecular flexibility index (Phi) is 3.67. The summed E-state index contributed by atoms with van der Waals surface area (Å²) in [5, 5.41) is 0. The van der Waals surface area contributed by atoms with E-state index >= 15 is 0 Å². The van der Waals surface area contributed by atoms with Crippen molar-refractivity contribution < 1.29 is 13.9 Å². The number of rotatable bonds is 4. The molecule has 0 fully saturated rings. The van der Waals surface area contributed by atoms with Crippen LogP contribution >= 0.6 is 0 Å². The molecule has 0 aliphatic rings. The minimum absolute atomic E-state index is 0.304. The second kappa shape index (κ2) is 5.40. The summed E-state index contributed by atoms with van der Waals surface area (Å²) in [4.78, 5) is 0. The average molecular weight is 247 g/mol. The van der Waals surface area contributed by atoms with Crippen LogP contribution in [0.4, 0.5) is 10.1 Å². The lowest BCUT2D eigenvalue weighted by atomic mass is 10.2.